The number of hydrogen-bond acceptors (Lipinski definition) is 6. The maximum absolute atomic E-state index is 12.1. The van der Waals surface area contributed by atoms with Gasteiger partial charge in [-0.3, -0.25) is 4.79 Å². The van der Waals surface area contributed by atoms with Crippen LogP contribution in [0.5, 0.6) is 0 Å². The van der Waals surface area contributed by atoms with Gasteiger partial charge in [-0.2, -0.15) is 17.0 Å². The van der Waals surface area contributed by atoms with E-state index in [1.807, 2.05) is 0 Å². The van der Waals surface area contributed by atoms with Crippen molar-refractivity contribution < 1.29 is 17.9 Å². The number of esters is 1. The van der Waals surface area contributed by atoms with E-state index in [9.17, 15) is 13.2 Å². The number of carbonyl (C=O) groups is 1. The van der Waals surface area contributed by atoms with Gasteiger partial charge in [-0.25, -0.2) is 4.98 Å². The fraction of sp³-hybridized carbons (Fsp3) is 0.600. The number of methoxy groups -OCH3 is 1. The molecule has 7 nitrogen and oxygen atoms in total. The molecule has 0 saturated heterocycles. The van der Waals surface area contributed by atoms with Crippen LogP contribution in [0.1, 0.15) is 12.1 Å². The predicted molar refractivity (Wildman–Crippen MR) is 71.8 cm³/mol. The monoisotopic (exact) mass is 307 g/mol. The van der Waals surface area contributed by atoms with E-state index in [0.717, 1.165) is 4.31 Å². The molecular formula is C10H17N3O4S2. The number of hydrogen-bond donors (Lipinski definition) is 0. The van der Waals surface area contributed by atoms with Crippen molar-refractivity contribution in [3.05, 3.63) is 16.6 Å². The quantitative estimate of drug-likeness (QED) is 0.678. The minimum atomic E-state index is -3.60. The van der Waals surface area contributed by atoms with Crippen molar-refractivity contribution in [1.29, 1.82) is 0 Å². The minimum absolute atomic E-state index is 0.0246. The SMILES string of the molecule is COC(=O)CCN(C)S(=O)(=O)N(C)Cc1cscn1. The topological polar surface area (TPSA) is 79.8 Å². The van der Waals surface area contributed by atoms with Crippen LogP contribution in [0.3, 0.4) is 0 Å². The Morgan fingerprint density at radius 3 is 2.63 bits per heavy atom. The van der Waals surface area contributed by atoms with Crippen molar-refractivity contribution in [1.82, 2.24) is 13.6 Å². The Hall–Kier alpha value is -1.03. The summed E-state index contributed by atoms with van der Waals surface area (Å²) < 4.78 is 31.1. The van der Waals surface area contributed by atoms with Gasteiger partial charge in [0.05, 0.1) is 31.3 Å². The smallest absolute Gasteiger partial charge is 0.306 e. The Bertz CT molecular complexity index is 501. The van der Waals surface area contributed by atoms with Gasteiger partial charge in [-0.05, 0) is 0 Å². The molecule has 1 aromatic rings. The highest BCUT2D eigenvalue weighted by molar-refractivity contribution is 7.86. The first-order chi connectivity index (χ1) is 8.87. The lowest BCUT2D eigenvalue weighted by Gasteiger charge is -2.23. The molecule has 0 aliphatic heterocycles. The zero-order valence-corrected chi connectivity index (χ0v) is 12.7. The van der Waals surface area contributed by atoms with Crippen molar-refractivity contribution in [3.8, 4) is 0 Å². The average Bonchev–Trinajstić information content (AvgIpc) is 2.87. The summed E-state index contributed by atoms with van der Waals surface area (Å²) in [5.41, 5.74) is 2.34. The number of aromatic nitrogens is 1. The van der Waals surface area contributed by atoms with Gasteiger partial charge in [0.1, 0.15) is 0 Å². The maximum Gasteiger partial charge on any atom is 0.306 e. The largest absolute Gasteiger partial charge is 0.469 e. The normalized spacial score (nSPS) is 12.1. The zero-order valence-electron chi connectivity index (χ0n) is 11.1. The van der Waals surface area contributed by atoms with Crippen molar-refractivity contribution >= 4 is 27.5 Å². The van der Waals surface area contributed by atoms with Crippen LogP contribution in [0.4, 0.5) is 0 Å². The van der Waals surface area contributed by atoms with Crippen molar-refractivity contribution in [3.63, 3.8) is 0 Å². The molecule has 0 aliphatic rings. The molecule has 9 heteroatoms. The Kier molecular flexibility index (Phi) is 5.85. The number of carbonyl (C=O) groups excluding carboxylic acids is 1. The lowest BCUT2D eigenvalue weighted by Crippen LogP contribution is -2.40. The summed E-state index contributed by atoms with van der Waals surface area (Å²) in [4.78, 5) is 15.0. The van der Waals surface area contributed by atoms with Crippen LogP contribution < -0.4 is 0 Å². The molecule has 0 bridgehead atoms. The Morgan fingerprint density at radius 1 is 1.42 bits per heavy atom. The zero-order chi connectivity index (χ0) is 14.5. The molecule has 0 aliphatic carbocycles. The van der Waals surface area contributed by atoms with E-state index in [-0.39, 0.29) is 19.5 Å². The number of nitrogens with zero attached hydrogens (tertiary/aromatic N) is 3. The minimum Gasteiger partial charge on any atom is -0.469 e. The average molecular weight is 307 g/mol. The molecule has 0 N–H and O–H groups in total. The number of ether oxygens (including phenoxy) is 1. The third-order valence-corrected chi connectivity index (χ3v) is 5.04. The standard InChI is InChI=1S/C10H17N3O4S2/c1-12(5-4-10(14)17-3)19(15,16)13(2)6-9-7-18-8-11-9/h7-8H,4-6H2,1-3H3. The molecule has 0 radical (unpaired) electrons. The van der Waals surface area contributed by atoms with Gasteiger partial charge < -0.3 is 4.74 Å². The molecule has 0 atom stereocenters. The van der Waals surface area contributed by atoms with E-state index >= 15 is 0 Å². The van der Waals surface area contributed by atoms with Gasteiger partial charge in [0.2, 0.25) is 0 Å². The number of rotatable bonds is 7. The molecule has 0 amide bonds. The molecule has 0 saturated carbocycles. The number of thiazole rings is 1. The van der Waals surface area contributed by atoms with Crippen LogP contribution in [-0.4, -0.2) is 55.7 Å². The third-order valence-electron chi connectivity index (χ3n) is 2.51. The second-order valence-electron chi connectivity index (χ2n) is 3.89. The molecule has 0 spiro atoms. The van der Waals surface area contributed by atoms with Crippen LogP contribution in [-0.2, 0) is 26.3 Å². The van der Waals surface area contributed by atoms with Gasteiger partial charge in [0, 0.05) is 26.0 Å². The van der Waals surface area contributed by atoms with E-state index < -0.39 is 16.2 Å². The van der Waals surface area contributed by atoms with Crippen LogP contribution in [0.2, 0.25) is 0 Å². The molecule has 108 valence electrons. The van der Waals surface area contributed by atoms with Gasteiger partial charge >= 0.3 is 5.97 Å². The summed E-state index contributed by atoms with van der Waals surface area (Å²) in [6.45, 7) is 0.283. The third kappa shape index (κ3) is 4.53. The Morgan fingerprint density at radius 2 is 2.11 bits per heavy atom. The van der Waals surface area contributed by atoms with Gasteiger partial charge in [0.25, 0.3) is 10.2 Å². The lowest BCUT2D eigenvalue weighted by atomic mass is 10.4. The molecule has 0 fully saturated rings. The van der Waals surface area contributed by atoms with E-state index in [4.69, 9.17) is 0 Å². The Balaban J connectivity index is 2.60. The maximum atomic E-state index is 12.1. The first-order valence-corrected chi connectivity index (χ1v) is 7.83. The molecule has 0 unspecified atom stereocenters. The van der Waals surface area contributed by atoms with Crippen LogP contribution in [0.25, 0.3) is 0 Å². The second kappa shape index (κ2) is 6.94. The summed E-state index contributed by atoms with van der Waals surface area (Å²) in [6.07, 6.45) is 0.0246. The second-order valence-corrected chi connectivity index (χ2v) is 6.75. The lowest BCUT2D eigenvalue weighted by molar-refractivity contribution is -0.140. The highest BCUT2D eigenvalue weighted by Crippen LogP contribution is 2.10. The molecule has 1 rings (SSSR count). The van der Waals surface area contributed by atoms with E-state index in [1.165, 1.54) is 36.8 Å². The summed E-state index contributed by atoms with van der Waals surface area (Å²) in [6, 6.07) is 0. The molecule has 19 heavy (non-hydrogen) atoms. The first kappa shape index (κ1) is 16.0. The molecular weight excluding hydrogens is 290 g/mol. The molecule has 1 heterocycles. The van der Waals surface area contributed by atoms with Crippen molar-refractivity contribution in [2.45, 2.75) is 13.0 Å². The highest BCUT2D eigenvalue weighted by Gasteiger charge is 2.24. The van der Waals surface area contributed by atoms with E-state index in [1.54, 1.807) is 10.9 Å². The molecule has 0 aromatic carbocycles. The van der Waals surface area contributed by atoms with Gasteiger partial charge in [-0.1, -0.05) is 0 Å². The summed E-state index contributed by atoms with van der Waals surface area (Å²) in [7, 11) is 0.576. The van der Waals surface area contributed by atoms with Gasteiger partial charge in [0.15, 0.2) is 0 Å². The first-order valence-electron chi connectivity index (χ1n) is 5.49. The van der Waals surface area contributed by atoms with Gasteiger partial charge in [-0.15, -0.1) is 11.3 Å². The van der Waals surface area contributed by atoms with Crippen molar-refractivity contribution in [2.24, 2.45) is 0 Å². The van der Waals surface area contributed by atoms with Crippen LogP contribution in [0, 0.1) is 0 Å². The summed E-state index contributed by atoms with van der Waals surface area (Å²) in [5, 5.41) is 1.79. The highest BCUT2D eigenvalue weighted by atomic mass is 32.2. The van der Waals surface area contributed by atoms with Crippen LogP contribution >= 0.6 is 11.3 Å². The fourth-order valence-electron chi connectivity index (χ4n) is 1.33. The van der Waals surface area contributed by atoms with E-state index in [0.29, 0.717) is 5.69 Å². The summed E-state index contributed by atoms with van der Waals surface area (Å²) >= 11 is 1.41. The predicted octanol–water partition coefficient (Wildman–Crippen LogP) is 0.315. The van der Waals surface area contributed by atoms with Crippen molar-refractivity contribution in [2.75, 3.05) is 27.7 Å². The fourth-order valence-corrected chi connectivity index (χ4v) is 2.97. The molecule has 1 aromatic heterocycles. The van der Waals surface area contributed by atoms with E-state index in [2.05, 4.69) is 9.72 Å². The Labute approximate surface area is 117 Å². The van der Waals surface area contributed by atoms with Crippen LogP contribution in [0.15, 0.2) is 10.9 Å². The summed E-state index contributed by atoms with van der Waals surface area (Å²) in [5.74, 6) is -0.441.